The molecular weight excluding hydrogens is 182 g/mol. The van der Waals surface area contributed by atoms with Crippen molar-refractivity contribution in [1.29, 1.82) is 0 Å². The van der Waals surface area contributed by atoms with E-state index in [1.54, 1.807) is 6.92 Å². The average Bonchev–Trinajstić information content (AvgIpc) is 2.17. The highest BCUT2D eigenvalue weighted by atomic mass is 16.4. The summed E-state index contributed by atoms with van der Waals surface area (Å²) in [6.45, 7) is 7.37. The van der Waals surface area contributed by atoms with Gasteiger partial charge in [0.05, 0.1) is 5.92 Å². The minimum absolute atomic E-state index is 0.0176. The van der Waals surface area contributed by atoms with Crippen molar-refractivity contribution in [2.45, 2.75) is 33.2 Å². The summed E-state index contributed by atoms with van der Waals surface area (Å²) < 4.78 is 0. The lowest BCUT2D eigenvalue weighted by Crippen LogP contribution is -2.41. The quantitative estimate of drug-likeness (QED) is 0.642. The van der Waals surface area contributed by atoms with Crippen LogP contribution in [0.5, 0.6) is 0 Å². The van der Waals surface area contributed by atoms with Gasteiger partial charge in [-0.3, -0.25) is 4.79 Å². The maximum atomic E-state index is 10.8. The number of carboxylic acids is 1. The number of hydrogen-bond acceptors (Lipinski definition) is 3. The van der Waals surface area contributed by atoms with Crippen LogP contribution in [-0.2, 0) is 4.79 Å². The molecule has 2 atom stereocenters. The van der Waals surface area contributed by atoms with Crippen LogP contribution in [0, 0.1) is 5.92 Å². The van der Waals surface area contributed by atoms with Crippen molar-refractivity contribution in [3.63, 3.8) is 0 Å². The molecule has 0 amide bonds. The Bertz CT molecular complexity index is 173. The van der Waals surface area contributed by atoms with Gasteiger partial charge in [0.2, 0.25) is 0 Å². The van der Waals surface area contributed by atoms with Crippen molar-refractivity contribution in [1.82, 2.24) is 4.90 Å². The van der Waals surface area contributed by atoms with E-state index in [4.69, 9.17) is 10.2 Å². The van der Waals surface area contributed by atoms with Gasteiger partial charge in [-0.05, 0) is 19.9 Å². The van der Waals surface area contributed by atoms with Crippen LogP contribution >= 0.6 is 0 Å². The van der Waals surface area contributed by atoms with Crippen LogP contribution in [0.15, 0.2) is 0 Å². The molecule has 0 aliphatic carbocycles. The van der Waals surface area contributed by atoms with Crippen molar-refractivity contribution >= 4 is 5.97 Å². The maximum Gasteiger partial charge on any atom is 0.307 e. The van der Waals surface area contributed by atoms with Crippen LogP contribution in [0.4, 0.5) is 0 Å². The molecule has 14 heavy (non-hydrogen) atoms. The van der Waals surface area contributed by atoms with Gasteiger partial charge in [-0.1, -0.05) is 13.8 Å². The first-order valence-electron chi connectivity index (χ1n) is 5.12. The van der Waals surface area contributed by atoms with Crippen LogP contribution in [0.25, 0.3) is 0 Å². The molecule has 0 spiro atoms. The topological polar surface area (TPSA) is 60.8 Å². The Kier molecular flexibility index (Phi) is 6.49. The summed E-state index contributed by atoms with van der Waals surface area (Å²) in [6.07, 6.45) is 0.699. The first-order valence-corrected chi connectivity index (χ1v) is 5.12. The number of carboxylic acid groups (broad SMARTS) is 1. The third-order valence-corrected chi connectivity index (χ3v) is 2.70. The molecule has 84 valence electrons. The fourth-order valence-electron chi connectivity index (χ4n) is 1.45. The first-order chi connectivity index (χ1) is 6.54. The zero-order valence-corrected chi connectivity index (χ0v) is 9.23. The first kappa shape index (κ1) is 13.4. The predicted molar refractivity (Wildman–Crippen MR) is 55.2 cm³/mol. The third kappa shape index (κ3) is 4.07. The Morgan fingerprint density at radius 3 is 2.36 bits per heavy atom. The summed E-state index contributed by atoms with van der Waals surface area (Å²) >= 11 is 0. The van der Waals surface area contributed by atoms with E-state index in [1.807, 2.05) is 13.8 Å². The SMILES string of the molecule is CCN(CCCO)C(C)C(C)C(=O)O. The molecule has 0 aromatic rings. The minimum Gasteiger partial charge on any atom is -0.481 e. The van der Waals surface area contributed by atoms with Crippen LogP contribution < -0.4 is 0 Å². The zero-order valence-electron chi connectivity index (χ0n) is 9.23. The molecule has 4 heteroatoms. The molecule has 0 aromatic carbocycles. The molecule has 0 radical (unpaired) electrons. The molecule has 0 heterocycles. The summed E-state index contributed by atoms with van der Waals surface area (Å²) in [5, 5.41) is 17.5. The summed E-state index contributed by atoms with van der Waals surface area (Å²) in [5.41, 5.74) is 0. The molecule has 2 unspecified atom stereocenters. The molecule has 0 rings (SSSR count). The van der Waals surface area contributed by atoms with Crippen LogP contribution in [-0.4, -0.2) is 46.8 Å². The van der Waals surface area contributed by atoms with Gasteiger partial charge in [0.15, 0.2) is 0 Å². The molecule has 0 saturated heterocycles. The molecule has 4 nitrogen and oxygen atoms in total. The second-order valence-corrected chi connectivity index (χ2v) is 3.57. The Morgan fingerprint density at radius 1 is 1.43 bits per heavy atom. The molecule has 2 N–H and O–H groups in total. The molecule has 0 bridgehead atoms. The third-order valence-electron chi connectivity index (χ3n) is 2.70. The highest BCUT2D eigenvalue weighted by molar-refractivity contribution is 5.70. The Morgan fingerprint density at radius 2 is 2.00 bits per heavy atom. The van der Waals surface area contributed by atoms with Gasteiger partial charge < -0.3 is 15.1 Å². The van der Waals surface area contributed by atoms with Crippen LogP contribution in [0.1, 0.15) is 27.2 Å². The summed E-state index contributed by atoms with van der Waals surface area (Å²) in [7, 11) is 0. The van der Waals surface area contributed by atoms with E-state index in [1.165, 1.54) is 0 Å². The van der Waals surface area contributed by atoms with Crippen molar-refractivity contribution in [2.24, 2.45) is 5.92 Å². The predicted octanol–water partition coefficient (Wildman–Crippen LogP) is 0.800. The van der Waals surface area contributed by atoms with E-state index in [0.29, 0.717) is 6.42 Å². The second kappa shape index (κ2) is 6.79. The van der Waals surface area contributed by atoms with Crippen molar-refractivity contribution < 1.29 is 15.0 Å². The number of rotatable bonds is 7. The number of aliphatic hydroxyl groups is 1. The van der Waals surface area contributed by atoms with Gasteiger partial charge in [0.25, 0.3) is 0 Å². The minimum atomic E-state index is -0.764. The van der Waals surface area contributed by atoms with E-state index in [-0.39, 0.29) is 18.6 Å². The zero-order chi connectivity index (χ0) is 11.1. The van der Waals surface area contributed by atoms with E-state index in [2.05, 4.69) is 4.90 Å². The van der Waals surface area contributed by atoms with E-state index < -0.39 is 5.97 Å². The number of hydrogen-bond donors (Lipinski definition) is 2. The highest BCUT2D eigenvalue weighted by Crippen LogP contribution is 2.11. The normalized spacial score (nSPS) is 15.5. The van der Waals surface area contributed by atoms with Gasteiger partial charge in [0.1, 0.15) is 0 Å². The number of aliphatic hydroxyl groups excluding tert-OH is 1. The molecular formula is C10H21NO3. The lowest BCUT2D eigenvalue weighted by Gasteiger charge is -2.30. The smallest absolute Gasteiger partial charge is 0.307 e. The summed E-state index contributed by atoms with van der Waals surface area (Å²) in [4.78, 5) is 12.8. The van der Waals surface area contributed by atoms with Crippen molar-refractivity contribution in [2.75, 3.05) is 19.7 Å². The van der Waals surface area contributed by atoms with Gasteiger partial charge in [-0.25, -0.2) is 0 Å². The number of nitrogens with zero attached hydrogens (tertiary/aromatic N) is 1. The molecule has 0 aliphatic rings. The fourth-order valence-corrected chi connectivity index (χ4v) is 1.45. The van der Waals surface area contributed by atoms with Gasteiger partial charge in [-0.2, -0.15) is 0 Å². The summed E-state index contributed by atoms with van der Waals surface area (Å²) in [5.74, 6) is -1.13. The largest absolute Gasteiger partial charge is 0.481 e. The lowest BCUT2D eigenvalue weighted by molar-refractivity contribution is -0.143. The fraction of sp³-hybridized carbons (Fsp3) is 0.900. The molecule has 0 saturated carbocycles. The second-order valence-electron chi connectivity index (χ2n) is 3.57. The van der Waals surface area contributed by atoms with Gasteiger partial charge in [-0.15, -0.1) is 0 Å². The van der Waals surface area contributed by atoms with Crippen LogP contribution in [0.3, 0.4) is 0 Å². The maximum absolute atomic E-state index is 10.8. The molecule has 0 fully saturated rings. The standard InChI is InChI=1S/C10H21NO3/c1-4-11(6-5-7-12)9(3)8(2)10(13)14/h8-9,12H,4-7H2,1-3H3,(H,13,14). The molecule has 0 aromatic heterocycles. The summed E-state index contributed by atoms with van der Waals surface area (Å²) in [6, 6.07) is 0.0176. The Balaban J connectivity index is 4.14. The number of carbonyl (C=O) groups is 1. The average molecular weight is 203 g/mol. The Hall–Kier alpha value is -0.610. The van der Waals surface area contributed by atoms with Crippen molar-refractivity contribution in [3.05, 3.63) is 0 Å². The Labute approximate surface area is 85.5 Å². The van der Waals surface area contributed by atoms with Gasteiger partial charge in [0, 0.05) is 19.2 Å². The van der Waals surface area contributed by atoms with Gasteiger partial charge >= 0.3 is 5.97 Å². The van der Waals surface area contributed by atoms with E-state index in [0.717, 1.165) is 13.1 Å². The van der Waals surface area contributed by atoms with E-state index >= 15 is 0 Å². The molecule has 0 aliphatic heterocycles. The van der Waals surface area contributed by atoms with Crippen molar-refractivity contribution in [3.8, 4) is 0 Å². The van der Waals surface area contributed by atoms with Crippen LogP contribution in [0.2, 0.25) is 0 Å². The van der Waals surface area contributed by atoms with E-state index in [9.17, 15) is 4.79 Å². The number of aliphatic carboxylic acids is 1. The monoisotopic (exact) mass is 203 g/mol. The lowest BCUT2D eigenvalue weighted by atomic mass is 10.0. The highest BCUT2D eigenvalue weighted by Gasteiger charge is 2.23.